The van der Waals surface area contributed by atoms with Crippen molar-refractivity contribution in [3.05, 3.63) is 0 Å². The van der Waals surface area contributed by atoms with Crippen molar-refractivity contribution in [1.29, 1.82) is 0 Å². The highest BCUT2D eigenvalue weighted by Gasteiger charge is 2.15. The predicted octanol–water partition coefficient (Wildman–Crippen LogP) is 2.08. The van der Waals surface area contributed by atoms with Gasteiger partial charge in [-0.1, -0.05) is 20.8 Å². The molecule has 0 saturated carbocycles. The molecule has 13 heavy (non-hydrogen) atoms. The number of amides is 2. The third-order valence-electron chi connectivity index (χ3n) is 2.37. The number of hydrogen-bond acceptors (Lipinski definition) is 1. The van der Waals surface area contributed by atoms with Gasteiger partial charge >= 0.3 is 6.03 Å². The molecule has 0 bridgehead atoms. The van der Waals surface area contributed by atoms with E-state index in [2.05, 4.69) is 26.1 Å². The van der Waals surface area contributed by atoms with Crippen LogP contribution in [0.25, 0.3) is 0 Å². The molecule has 0 aromatic rings. The normalized spacial score (nSPS) is 12.8. The molecule has 0 rings (SSSR count). The Morgan fingerprint density at radius 2 is 1.92 bits per heavy atom. The number of rotatable bonds is 4. The minimum atomic E-state index is 0.0306. The zero-order chi connectivity index (χ0) is 10.4. The summed E-state index contributed by atoms with van der Waals surface area (Å²) in [6, 6.07) is 0.324. The lowest BCUT2D eigenvalue weighted by atomic mass is 10.0. The van der Waals surface area contributed by atoms with Crippen molar-refractivity contribution in [3.8, 4) is 0 Å². The van der Waals surface area contributed by atoms with E-state index in [0.29, 0.717) is 12.0 Å². The molecule has 0 aliphatic carbocycles. The van der Waals surface area contributed by atoms with Gasteiger partial charge in [0.15, 0.2) is 0 Å². The van der Waals surface area contributed by atoms with Crippen molar-refractivity contribution in [2.24, 2.45) is 5.92 Å². The highest BCUT2D eigenvalue weighted by molar-refractivity contribution is 5.74. The number of nitrogens with one attached hydrogen (secondary N) is 1. The van der Waals surface area contributed by atoms with Crippen molar-refractivity contribution >= 4 is 6.03 Å². The van der Waals surface area contributed by atoms with Gasteiger partial charge in [-0.25, -0.2) is 4.79 Å². The van der Waals surface area contributed by atoms with Gasteiger partial charge in [-0.2, -0.15) is 0 Å². The van der Waals surface area contributed by atoms with E-state index >= 15 is 0 Å². The second kappa shape index (κ2) is 5.84. The fraction of sp³-hybridized carbons (Fsp3) is 0.900. The molecule has 2 amide bonds. The summed E-state index contributed by atoms with van der Waals surface area (Å²) in [6.07, 6.45) is 0.987. The van der Waals surface area contributed by atoms with Crippen LogP contribution in [0.2, 0.25) is 0 Å². The third-order valence-corrected chi connectivity index (χ3v) is 2.37. The number of hydrogen-bond donors (Lipinski definition) is 1. The van der Waals surface area contributed by atoms with E-state index in [0.717, 1.165) is 13.0 Å². The van der Waals surface area contributed by atoms with E-state index in [1.807, 2.05) is 14.0 Å². The lowest BCUT2D eigenvalue weighted by molar-refractivity contribution is 0.202. The Labute approximate surface area is 81.5 Å². The molecule has 0 aromatic heterocycles. The first-order valence-corrected chi connectivity index (χ1v) is 5.04. The van der Waals surface area contributed by atoms with E-state index in [1.54, 1.807) is 4.90 Å². The van der Waals surface area contributed by atoms with Crippen LogP contribution in [0, 0.1) is 5.92 Å². The largest absolute Gasteiger partial charge is 0.335 e. The Morgan fingerprint density at radius 3 is 2.23 bits per heavy atom. The second-order valence-corrected chi connectivity index (χ2v) is 3.72. The van der Waals surface area contributed by atoms with Crippen LogP contribution in [0.4, 0.5) is 4.79 Å². The summed E-state index contributed by atoms with van der Waals surface area (Å²) in [5.41, 5.74) is 0. The van der Waals surface area contributed by atoms with Crippen LogP contribution < -0.4 is 5.32 Å². The van der Waals surface area contributed by atoms with Crippen molar-refractivity contribution in [2.75, 3.05) is 13.6 Å². The average molecular weight is 186 g/mol. The molecule has 1 unspecified atom stereocenters. The van der Waals surface area contributed by atoms with Gasteiger partial charge < -0.3 is 10.2 Å². The van der Waals surface area contributed by atoms with Crippen LogP contribution in [-0.2, 0) is 0 Å². The third kappa shape index (κ3) is 4.15. The Kier molecular flexibility index (Phi) is 5.51. The van der Waals surface area contributed by atoms with Crippen LogP contribution in [0.15, 0.2) is 0 Å². The Hall–Kier alpha value is -0.730. The Bertz CT molecular complexity index is 157. The first-order chi connectivity index (χ1) is 6.02. The molecule has 1 N–H and O–H groups in total. The van der Waals surface area contributed by atoms with E-state index in [4.69, 9.17) is 0 Å². The molecule has 78 valence electrons. The summed E-state index contributed by atoms with van der Waals surface area (Å²) in [6.45, 7) is 9.06. The number of urea groups is 1. The molecule has 0 aliphatic rings. The maximum atomic E-state index is 11.5. The van der Waals surface area contributed by atoms with Gasteiger partial charge in [-0.05, 0) is 19.3 Å². The quantitative estimate of drug-likeness (QED) is 0.716. The first-order valence-electron chi connectivity index (χ1n) is 5.04. The fourth-order valence-electron chi connectivity index (χ4n) is 1.15. The van der Waals surface area contributed by atoms with Crippen LogP contribution in [0.3, 0.4) is 0 Å². The van der Waals surface area contributed by atoms with E-state index in [9.17, 15) is 4.79 Å². The summed E-state index contributed by atoms with van der Waals surface area (Å²) < 4.78 is 0. The van der Waals surface area contributed by atoms with Crippen LogP contribution >= 0.6 is 0 Å². The van der Waals surface area contributed by atoms with Gasteiger partial charge in [0.1, 0.15) is 0 Å². The molecule has 1 atom stereocenters. The van der Waals surface area contributed by atoms with Gasteiger partial charge in [0.25, 0.3) is 0 Å². The Balaban J connectivity index is 4.01. The van der Waals surface area contributed by atoms with Crippen LogP contribution in [0.5, 0.6) is 0 Å². The average Bonchev–Trinajstić information content (AvgIpc) is 2.11. The molecular formula is C10H22N2O. The van der Waals surface area contributed by atoms with Crippen LogP contribution in [0.1, 0.15) is 34.1 Å². The maximum absolute atomic E-state index is 11.5. The van der Waals surface area contributed by atoms with E-state index in [-0.39, 0.29) is 6.03 Å². The van der Waals surface area contributed by atoms with Crippen molar-refractivity contribution in [2.45, 2.75) is 40.2 Å². The van der Waals surface area contributed by atoms with Gasteiger partial charge in [-0.15, -0.1) is 0 Å². The number of carbonyl (C=O) groups is 1. The molecule has 0 fully saturated rings. The number of carbonyl (C=O) groups excluding carboxylic acids is 1. The highest BCUT2D eigenvalue weighted by atomic mass is 16.2. The van der Waals surface area contributed by atoms with Gasteiger partial charge in [0.2, 0.25) is 0 Å². The predicted molar refractivity (Wildman–Crippen MR) is 55.8 cm³/mol. The summed E-state index contributed by atoms with van der Waals surface area (Å²) in [4.78, 5) is 13.1. The summed E-state index contributed by atoms with van der Waals surface area (Å²) in [5, 5.41) is 3.00. The summed E-state index contributed by atoms with van der Waals surface area (Å²) in [5.74, 6) is 0.499. The minimum Gasteiger partial charge on any atom is -0.335 e. The molecule has 0 aromatic carbocycles. The fourth-order valence-corrected chi connectivity index (χ4v) is 1.15. The topological polar surface area (TPSA) is 32.3 Å². The minimum absolute atomic E-state index is 0.0306. The molecule has 0 aliphatic heterocycles. The second-order valence-electron chi connectivity index (χ2n) is 3.72. The van der Waals surface area contributed by atoms with Crippen molar-refractivity contribution < 1.29 is 4.79 Å². The molecule has 3 nitrogen and oxygen atoms in total. The Morgan fingerprint density at radius 1 is 1.38 bits per heavy atom. The van der Waals surface area contributed by atoms with Crippen molar-refractivity contribution in [1.82, 2.24) is 10.2 Å². The smallest absolute Gasteiger partial charge is 0.317 e. The lowest BCUT2D eigenvalue weighted by Gasteiger charge is -2.24. The van der Waals surface area contributed by atoms with Crippen LogP contribution in [-0.4, -0.2) is 30.6 Å². The van der Waals surface area contributed by atoms with Gasteiger partial charge in [-0.3, -0.25) is 0 Å². The lowest BCUT2D eigenvalue weighted by Crippen LogP contribution is -2.44. The number of nitrogens with zero attached hydrogens (tertiary/aromatic N) is 1. The molecule has 3 heteroatoms. The highest BCUT2D eigenvalue weighted by Crippen LogP contribution is 2.05. The zero-order valence-electron chi connectivity index (χ0n) is 9.42. The van der Waals surface area contributed by atoms with Crippen molar-refractivity contribution in [3.63, 3.8) is 0 Å². The maximum Gasteiger partial charge on any atom is 0.317 e. The van der Waals surface area contributed by atoms with Gasteiger partial charge in [0.05, 0.1) is 0 Å². The van der Waals surface area contributed by atoms with Gasteiger partial charge in [0, 0.05) is 19.6 Å². The first kappa shape index (κ1) is 12.3. The summed E-state index contributed by atoms with van der Waals surface area (Å²) in [7, 11) is 1.81. The SMILES string of the molecule is CCC(NC(=O)N(C)CC)C(C)C. The molecule has 0 saturated heterocycles. The molecular weight excluding hydrogens is 164 g/mol. The molecule has 0 heterocycles. The van der Waals surface area contributed by atoms with E-state index < -0.39 is 0 Å². The molecule has 0 radical (unpaired) electrons. The zero-order valence-corrected chi connectivity index (χ0v) is 9.42. The molecule has 0 spiro atoms. The summed E-state index contributed by atoms with van der Waals surface area (Å²) >= 11 is 0. The standard InChI is InChI=1S/C10H22N2O/c1-6-9(8(3)4)11-10(13)12(5)7-2/h8-9H,6-7H2,1-5H3,(H,11,13). The monoisotopic (exact) mass is 186 g/mol. The van der Waals surface area contributed by atoms with E-state index in [1.165, 1.54) is 0 Å².